The normalized spacial score (nSPS) is 15.7. The van der Waals surface area contributed by atoms with Crippen molar-refractivity contribution in [2.45, 2.75) is 0 Å². The fourth-order valence-electron chi connectivity index (χ4n) is 3.73. The van der Waals surface area contributed by atoms with Crippen LogP contribution in [0.1, 0.15) is 0 Å². The first kappa shape index (κ1) is 16.1. The summed E-state index contributed by atoms with van der Waals surface area (Å²) in [7, 11) is 3.83. The average Bonchev–Trinajstić information content (AvgIpc) is 3.31. The molecule has 5 rings (SSSR count). The Hall–Kier alpha value is -3.06. The van der Waals surface area contributed by atoms with Gasteiger partial charge in [0.05, 0.1) is 18.1 Å². The zero-order valence-electron chi connectivity index (χ0n) is 15.5. The molecule has 0 spiro atoms. The van der Waals surface area contributed by atoms with Crippen molar-refractivity contribution >= 4 is 27.6 Å². The van der Waals surface area contributed by atoms with Gasteiger partial charge >= 0.3 is 0 Å². The van der Waals surface area contributed by atoms with E-state index in [0.717, 1.165) is 65.4 Å². The molecule has 138 valence electrons. The summed E-state index contributed by atoms with van der Waals surface area (Å²) in [4.78, 5) is 13.0. The van der Waals surface area contributed by atoms with Crippen LogP contribution >= 0.6 is 0 Å². The molecule has 0 atom stereocenters. The molecule has 0 radical (unpaired) electrons. The number of aromatic amines is 2. The lowest BCUT2D eigenvalue weighted by atomic mass is 10.2. The lowest BCUT2D eigenvalue weighted by molar-refractivity contribution is 0.313. The molecule has 0 unspecified atom stereocenters. The number of piperazine rings is 1. The quantitative estimate of drug-likeness (QED) is 0.586. The predicted octanol–water partition coefficient (Wildman–Crippen LogP) is 2.87. The fourth-order valence-corrected chi connectivity index (χ4v) is 3.73. The van der Waals surface area contributed by atoms with Gasteiger partial charge in [0.25, 0.3) is 0 Å². The van der Waals surface area contributed by atoms with E-state index < -0.39 is 0 Å². The molecule has 1 fully saturated rings. The van der Waals surface area contributed by atoms with Gasteiger partial charge in [0.15, 0.2) is 5.82 Å². The number of para-hydroxylation sites is 1. The maximum absolute atomic E-state index is 5.42. The van der Waals surface area contributed by atoms with Gasteiger partial charge in [-0.25, -0.2) is 4.98 Å². The maximum Gasteiger partial charge on any atom is 0.159 e. The Morgan fingerprint density at radius 1 is 1.07 bits per heavy atom. The van der Waals surface area contributed by atoms with Gasteiger partial charge in [-0.15, -0.1) is 0 Å². The molecule has 0 amide bonds. The first-order valence-electron chi connectivity index (χ1n) is 9.17. The second-order valence-corrected chi connectivity index (χ2v) is 7.03. The van der Waals surface area contributed by atoms with Crippen molar-refractivity contribution in [3.63, 3.8) is 0 Å². The Balaban J connectivity index is 1.54. The average molecular weight is 362 g/mol. The number of nitrogens with zero attached hydrogens (tertiary/aromatic N) is 4. The van der Waals surface area contributed by atoms with Crippen LogP contribution in [0.25, 0.3) is 33.5 Å². The molecular weight excluding hydrogens is 340 g/mol. The van der Waals surface area contributed by atoms with E-state index in [0.29, 0.717) is 0 Å². The molecule has 0 aliphatic carbocycles. The van der Waals surface area contributed by atoms with Gasteiger partial charge in [0, 0.05) is 37.3 Å². The Kier molecular flexibility index (Phi) is 3.75. The molecule has 7 nitrogen and oxygen atoms in total. The highest BCUT2D eigenvalue weighted by Crippen LogP contribution is 2.31. The number of anilines is 1. The number of fused-ring (bicyclic) bond motifs is 2. The van der Waals surface area contributed by atoms with Crippen LogP contribution in [0.15, 0.2) is 36.4 Å². The van der Waals surface area contributed by atoms with Gasteiger partial charge in [-0.3, -0.25) is 5.10 Å². The third-order valence-corrected chi connectivity index (χ3v) is 5.34. The van der Waals surface area contributed by atoms with E-state index in [4.69, 9.17) is 9.72 Å². The monoisotopic (exact) mass is 362 g/mol. The van der Waals surface area contributed by atoms with Crippen LogP contribution in [-0.4, -0.2) is 65.4 Å². The summed E-state index contributed by atoms with van der Waals surface area (Å²) < 4.78 is 5.42. The number of imidazole rings is 1. The summed E-state index contributed by atoms with van der Waals surface area (Å²) in [5, 5.41) is 8.54. The van der Waals surface area contributed by atoms with Crippen LogP contribution in [0.2, 0.25) is 0 Å². The van der Waals surface area contributed by atoms with Gasteiger partial charge in [0.1, 0.15) is 17.0 Å². The van der Waals surface area contributed by atoms with Crippen LogP contribution in [-0.2, 0) is 0 Å². The second-order valence-electron chi connectivity index (χ2n) is 7.03. The minimum atomic E-state index is 0.764. The second kappa shape index (κ2) is 6.28. The van der Waals surface area contributed by atoms with E-state index in [1.165, 1.54) is 5.69 Å². The Bertz CT molecular complexity index is 1110. The van der Waals surface area contributed by atoms with Gasteiger partial charge < -0.3 is 19.5 Å². The van der Waals surface area contributed by atoms with Crippen molar-refractivity contribution < 1.29 is 4.74 Å². The summed E-state index contributed by atoms with van der Waals surface area (Å²) >= 11 is 0. The third-order valence-electron chi connectivity index (χ3n) is 5.34. The van der Waals surface area contributed by atoms with Gasteiger partial charge in [-0.2, -0.15) is 5.10 Å². The van der Waals surface area contributed by atoms with Gasteiger partial charge in [-0.05, 0) is 31.3 Å². The topological polar surface area (TPSA) is 73.1 Å². The molecule has 1 saturated heterocycles. The van der Waals surface area contributed by atoms with E-state index >= 15 is 0 Å². The van der Waals surface area contributed by atoms with Crippen molar-refractivity contribution in [1.29, 1.82) is 0 Å². The molecule has 3 heterocycles. The molecule has 1 aliphatic heterocycles. The summed E-state index contributed by atoms with van der Waals surface area (Å²) in [6, 6.07) is 12.4. The summed E-state index contributed by atoms with van der Waals surface area (Å²) in [5.41, 5.74) is 4.89. The standard InChI is InChI=1S/C20H22N6O/c1-25-8-10-26(11-9-25)13-6-7-15-16(12-13)22-20(21-15)19-14-4-3-5-17(27-2)18(14)23-24-19/h3-7,12H,8-11H2,1-2H3,(H,21,22)(H,23,24). The summed E-state index contributed by atoms with van der Waals surface area (Å²) in [6.07, 6.45) is 0. The largest absolute Gasteiger partial charge is 0.494 e. The molecule has 0 bridgehead atoms. The number of nitrogens with one attached hydrogen (secondary N) is 2. The zero-order chi connectivity index (χ0) is 18.4. The molecule has 27 heavy (non-hydrogen) atoms. The smallest absolute Gasteiger partial charge is 0.159 e. The SMILES string of the molecule is COc1cccc2c(-c3nc4cc(N5CCN(C)CC5)ccc4[nH]3)n[nH]c12. The molecule has 0 saturated carbocycles. The molecule has 2 N–H and O–H groups in total. The number of methoxy groups -OCH3 is 1. The third kappa shape index (κ3) is 2.71. The van der Waals surface area contributed by atoms with E-state index in [-0.39, 0.29) is 0 Å². The Morgan fingerprint density at radius 3 is 2.74 bits per heavy atom. The van der Waals surface area contributed by atoms with Crippen molar-refractivity contribution in [2.24, 2.45) is 0 Å². The predicted molar refractivity (Wildman–Crippen MR) is 107 cm³/mol. The van der Waals surface area contributed by atoms with Crippen LogP contribution in [0.4, 0.5) is 5.69 Å². The number of ether oxygens (including phenoxy) is 1. The van der Waals surface area contributed by atoms with Gasteiger partial charge in [-0.1, -0.05) is 12.1 Å². The fraction of sp³-hybridized carbons (Fsp3) is 0.300. The van der Waals surface area contributed by atoms with Crippen LogP contribution in [0.5, 0.6) is 5.75 Å². The van der Waals surface area contributed by atoms with Crippen molar-refractivity contribution in [3.8, 4) is 17.3 Å². The number of rotatable bonds is 3. The molecular formula is C20H22N6O. The highest BCUT2D eigenvalue weighted by Gasteiger charge is 2.17. The number of hydrogen-bond acceptors (Lipinski definition) is 5. The van der Waals surface area contributed by atoms with Crippen molar-refractivity contribution in [3.05, 3.63) is 36.4 Å². The number of likely N-dealkylation sites (N-methyl/N-ethyl adjacent to an activating group) is 1. The number of aromatic nitrogens is 4. The summed E-state index contributed by atoms with van der Waals surface area (Å²) in [5.74, 6) is 1.54. The minimum Gasteiger partial charge on any atom is -0.494 e. The van der Waals surface area contributed by atoms with Crippen LogP contribution in [0, 0.1) is 0 Å². The van der Waals surface area contributed by atoms with E-state index in [2.05, 4.69) is 50.2 Å². The first-order chi connectivity index (χ1) is 13.2. The molecule has 4 aromatic rings. The first-order valence-corrected chi connectivity index (χ1v) is 9.17. The lowest BCUT2D eigenvalue weighted by Gasteiger charge is -2.34. The Morgan fingerprint density at radius 2 is 1.93 bits per heavy atom. The van der Waals surface area contributed by atoms with Crippen molar-refractivity contribution in [2.75, 3.05) is 45.2 Å². The maximum atomic E-state index is 5.42. The van der Waals surface area contributed by atoms with Crippen molar-refractivity contribution in [1.82, 2.24) is 25.1 Å². The van der Waals surface area contributed by atoms with Gasteiger partial charge in [0.2, 0.25) is 0 Å². The summed E-state index contributed by atoms with van der Waals surface area (Å²) in [6.45, 7) is 4.27. The molecule has 7 heteroatoms. The van der Waals surface area contributed by atoms with E-state index in [9.17, 15) is 0 Å². The minimum absolute atomic E-state index is 0.764. The number of H-pyrrole nitrogens is 2. The Labute approximate surface area is 156 Å². The number of hydrogen-bond donors (Lipinski definition) is 2. The highest BCUT2D eigenvalue weighted by atomic mass is 16.5. The number of benzene rings is 2. The van der Waals surface area contributed by atoms with E-state index in [1.54, 1.807) is 7.11 Å². The molecule has 1 aliphatic rings. The van der Waals surface area contributed by atoms with Crippen LogP contribution in [0.3, 0.4) is 0 Å². The highest BCUT2D eigenvalue weighted by molar-refractivity contribution is 5.96. The van der Waals surface area contributed by atoms with Crippen LogP contribution < -0.4 is 9.64 Å². The molecule has 2 aromatic carbocycles. The molecule has 2 aromatic heterocycles. The zero-order valence-corrected chi connectivity index (χ0v) is 15.5. The lowest BCUT2D eigenvalue weighted by Crippen LogP contribution is -2.44. The van der Waals surface area contributed by atoms with E-state index in [1.807, 2.05) is 18.2 Å².